The van der Waals surface area contributed by atoms with E-state index in [0.29, 0.717) is 5.75 Å². The van der Waals surface area contributed by atoms with Crippen molar-refractivity contribution >= 4 is 17.0 Å². The van der Waals surface area contributed by atoms with Crippen LogP contribution in [0.3, 0.4) is 0 Å². The second kappa shape index (κ2) is 6.31. The van der Waals surface area contributed by atoms with Crippen molar-refractivity contribution in [2.24, 2.45) is 0 Å². The zero-order valence-electron chi connectivity index (χ0n) is 10.4. The summed E-state index contributed by atoms with van der Waals surface area (Å²) >= 11 is 0. The molecule has 0 heterocycles. The molecule has 0 aliphatic rings. The van der Waals surface area contributed by atoms with Crippen LogP contribution in [-0.2, 0) is 10.9 Å². The SMILES string of the molecule is C[S+](C/C=C/c1ccccc1)c1ccc(O)cc1. The van der Waals surface area contributed by atoms with Crippen LogP contribution in [0, 0.1) is 0 Å². The molecule has 0 fully saturated rings. The van der Waals surface area contributed by atoms with Gasteiger partial charge in [0.15, 0.2) is 4.90 Å². The minimum atomic E-state index is 0.187. The third-order valence-corrected chi connectivity index (χ3v) is 4.46. The summed E-state index contributed by atoms with van der Waals surface area (Å²) in [6.45, 7) is 0. The zero-order valence-corrected chi connectivity index (χ0v) is 11.2. The fraction of sp³-hybridized carbons (Fsp3) is 0.125. The summed E-state index contributed by atoms with van der Waals surface area (Å²) in [6, 6.07) is 17.8. The highest BCUT2D eigenvalue weighted by Crippen LogP contribution is 2.16. The number of aromatic hydroxyl groups is 1. The van der Waals surface area contributed by atoms with Gasteiger partial charge in [0.25, 0.3) is 0 Å². The van der Waals surface area contributed by atoms with Crippen LogP contribution >= 0.6 is 0 Å². The average molecular weight is 257 g/mol. The molecule has 0 radical (unpaired) electrons. The molecular weight excluding hydrogens is 240 g/mol. The van der Waals surface area contributed by atoms with Gasteiger partial charge in [0, 0.05) is 10.9 Å². The molecule has 1 atom stereocenters. The first kappa shape index (κ1) is 12.8. The lowest BCUT2D eigenvalue weighted by molar-refractivity contribution is 0.475. The van der Waals surface area contributed by atoms with E-state index in [-0.39, 0.29) is 10.9 Å². The highest BCUT2D eigenvalue weighted by atomic mass is 32.2. The van der Waals surface area contributed by atoms with Crippen LogP contribution in [0.4, 0.5) is 0 Å². The van der Waals surface area contributed by atoms with Crippen molar-refractivity contribution < 1.29 is 5.11 Å². The molecule has 2 aromatic rings. The van der Waals surface area contributed by atoms with Crippen molar-refractivity contribution in [1.82, 2.24) is 0 Å². The largest absolute Gasteiger partial charge is 0.508 e. The molecule has 18 heavy (non-hydrogen) atoms. The Hall–Kier alpha value is -1.67. The Balaban J connectivity index is 1.94. The lowest BCUT2D eigenvalue weighted by Crippen LogP contribution is -2.02. The van der Waals surface area contributed by atoms with Crippen molar-refractivity contribution in [1.29, 1.82) is 0 Å². The van der Waals surface area contributed by atoms with E-state index in [2.05, 4.69) is 30.5 Å². The molecule has 2 aromatic carbocycles. The summed E-state index contributed by atoms with van der Waals surface area (Å²) in [7, 11) is 0.187. The van der Waals surface area contributed by atoms with Gasteiger partial charge in [-0.2, -0.15) is 0 Å². The van der Waals surface area contributed by atoms with E-state index in [9.17, 15) is 5.11 Å². The second-order valence-corrected chi connectivity index (χ2v) is 6.19. The standard InChI is InChI=1S/C16H16OS/c1-18(16-11-9-15(17)10-12-16)13-5-8-14-6-3-2-4-7-14/h2-12H,13H2,1H3/p+1/b8-5+. The monoisotopic (exact) mass is 257 g/mol. The topological polar surface area (TPSA) is 20.2 Å². The first-order valence-corrected chi connectivity index (χ1v) is 7.69. The molecule has 0 spiro atoms. The van der Waals surface area contributed by atoms with Crippen LogP contribution in [0.25, 0.3) is 6.08 Å². The smallest absolute Gasteiger partial charge is 0.155 e. The second-order valence-electron chi connectivity index (χ2n) is 4.11. The third-order valence-electron chi connectivity index (χ3n) is 2.70. The Bertz CT molecular complexity index is 502. The third kappa shape index (κ3) is 3.67. The van der Waals surface area contributed by atoms with Gasteiger partial charge in [0.2, 0.25) is 0 Å². The predicted octanol–water partition coefficient (Wildman–Crippen LogP) is 3.71. The fourth-order valence-electron chi connectivity index (χ4n) is 1.67. The molecule has 2 rings (SSSR count). The maximum atomic E-state index is 9.25. The first-order chi connectivity index (χ1) is 8.75. The molecule has 0 aromatic heterocycles. The average Bonchev–Trinajstić information content (AvgIpc) is 2.40. The lowest BCUT2D eigenvalue weighted by Gasteiger charge is -2.00. The molecule has 1 unspecified atom stereocenters. The van der Waals surface area contributed by atoms with E-state index in [4.69, 9.17) is 0 Å². The Morgan fingerprint density at radius 3 is 2.33 bits per heavy atom. The number of benzene rings is 2. The van der Waals surface area contributed by atoms with Crippen LogP contribution in [0.1, 0.15) is 5.56 Å². The summed E-state index contributed by atoms with van der Waals surface area (Å²) in [5.41, 5.74) is 1.24. The maximum absolute atomic E-state index is 9.25. The van der Waals surface area contributed by atoms with Crippen molar-refractivity contribution in [3.8, 4) is 5.75 Å². The van der Waals surface area contributed by atoms with Gasteiger partial charge in [0.05, 0.1) is 0 Å². The van der Waals surface area contributed by atoms with E-state index in [1.54, 1.807) is 12.1 Å². The Morgan fingerprint density at radius 1 is 1.00 bits per heavy atom. The normalized spacial score (nSPS) is 12.7. The Kier molecular flexibility index (Phi) is 4.48. The predicted molar refractivity (Wildman–Crippen MR) is 80.0 cm³/mol. The van der Waals surface area contributed by atoms with Gasteiger partial charge in [-0.3, -0.25) is 0 Å². The van der Waals surface area contributed by atoms with E-state index in [0.717, 1.165) is 5.75 Å². The molecule has 0 aliphatic carbocycles. The van der Waals surface area contributed by atoms with Crippen molar-refractivity contribution in [2.45, 2.75) is 4.90 Å². The summed E-state index contributed by atoms with van der Waals surface area (Å²) in [5.74, 6) is 1.36. The number of hydrogen-bond acceptors (Lipinski definition) is 1. The molecule has 0 saturated heterocycles. The minimum Gasteiger partial charge on any atom is -0.508 e. The summed E-state index contributed by atoms with van der Waals surface area (Å²) in [5, 5.41) is 9.25. The molecule has 1 N–H and O–H groups in total. The molecule has 0 amide bonds. The van der Waals surface area contributed by atoms with Gasteiger partial charge < -0.3 is 5.11 Å². The molecule has 1 nitrogen and oxygen atoms in total. The van der Waals surface area contributed by atoms with Crippen molar-refractivity contribution in [3.05, 3.63) is 66.2 Å². The van der Waals surface area contributed by atoms with Gasteiger partial charge in [-0.25, -0.2) is 0 Å². The molecule has 0 aliphatic heterocycles. The summed E-state index contributed by atoms with van der Waals surface area (Å²) in [4.78, 5) is 1.28. The van der Waals surface area contributed by atoms with Crippen LogP contribution in [0.15, 0.2) is 65.6 Å². The van der Waals surface area contributed by atoms with Gasteiger partial charge in [-0.15, -0.1) is 0 Å². The number of phenols is 1. The molecule has 2 heteroatoms. The lowest BCUT2D eigenvalue weighted by atomic mass is 10.2. The molecule has 92 valence electrons. The van der Waals surface area contributed by atoms with Crippen LogP contribution in [0.5, 0.6) is 5.75 Å². The Morgan fingerprint density at radius 2 is 1.67 bits per heavy atom. The van der Waals surface area contributed by atoms with Crippen LogP contribution in [-0.4, -0.2) is 17.1 Å². The van der Waals surface area contributed by atoms with Crippen LogP contribution in [0.2, 0.25) is 0 Å². The van der Waals surface area contributed by atoms with E-state index < -0.39 is 0 Å². The van der Waals surface area contributed by atoms with Crippen molar-refractivity contribution in [3.63, 3.8) is 0 Å². The number of phenolic OH excluding ortho intramolecular Hbond substituents is 1. The van der Waals surface area contributed by atoms with Crippen LogP contribution < -0.4 is 0 Å². The van der Waals surface area contributed by atoms with E-state index in [1.807, 2.05) is 30.3 Å². The summed E-state index contributed by atoms with van der Waals surface area (Å²) < 4.78 is 0. The minimum absolute atomic E-state index is 0.187. The maximum Gasteiger partial charge on any atom is 0.155 e. The number of hydrogen-bond donors (Lipinski definition) is 1. The molecule has 0 bridgehead atoms. The van der Waals surface area contributed by atoms with Gasteiger partial charge >= 0.3 is 0 Å². The van der Waals surface area contributed by atoms with Crippen molar-refractivity contribution in [2.75, 3.05) is 12.0 Å². The first-order valence-electron chi connectivity index (χ1n) is 5.89. The van der Waals surface area contributed by atoms with E-state index in [1.165, 1.54) is 10.5 Å². The highest BCUT2D eigenvalue weighted by Gasteiger charge is 2.12. The fourth-order valence-corrected chi connectivity index (χ4v) is 2.85. The van der Waals surface area contributed by atoms with Gasteiger partial charge in [0.1, 0.15) is 17.8 Å². The quantitative estimate of drug-likeness (QED) is 0.828. The number of rotatable bonds is 4. The molecular formula is C16H17OS+. The molecule has 0 saturated carbocycles. The van der Waals surface area contributed by atoms with Gasteiger partial charge in [-0.05, 0) is 35.9 Å². The summed E-state index contributed by atoms with van der Waals surface area (Å²) in [6.07, 6.45) is 6.59. The Labute approximate surface area is 111 Å². The van der Waals surface area contributed by atoms with E-state index >= 15 is 0 Å². The zero-order chi connectivity index (χ0) is 12.8. The highest BCUT2D eigenvalue weighted by molar-refractivity contribution is 7.96. The van der Waals surface area contributed by atoms with Gasteiger partial charge in [-0.1, -0.05) is 36.4 Å².